The molecule has 0 spiro atoms. The van der Waals surface area contributed by atoms with Crippen LogP contribution in [0, 0.1) is 0 Å². The lowest BCUT2D eigenvalue weighted by Crippen LogP contribution is -2.18. The van der Waals surface area contributed by atoms with Gasteiger partial charge in [0, 0.05) is 7.11 Å². The molecule has 0 aliphatic heterocycles. The Balaban J connectivity index is 2.95. The normalized spacial score (nSPS) is 11.3. The van der Waals surface area contributed by atoms with E-state index in [1.54, 1.807) is 0 Å². The van der Waals surface area contributed by atoms with Crippen molar-refractivity contribution in [3.8, 4) is 0 Å². The number of hydrogen-bond acceptors (Lipinski definition) is 3. The number of benzene rings is 1. The average molecular weight is 248 g/mol. The summed E-state index contributed by atoms with van der Waals surface area (Å²) >= 11 is 0. The predicted octanol–water partition coefficient (Wildman–Crippen LogP) is 1.87. The zero-order chi connectivity index (χ0) is 13.1. The maximum atomic E-state index is 12.4. The second-order valence-corrected chi connectivity index (χ2v) is 3.28. The largest absolute Gasteiger partial charge is 0.416 e. The molecule has 0 unspecified atom stereocenters. The highest BCUT2D eigenvalue weighted by molar-refractivity contribution is 5.94. The number of amides is 1. The Hall–Kier alpha value is -1.76. The van der Waals surface area contributed by atoms with Crippen LogP contribution >= 0.6 is 0 Å². The molecule has 3 N–H and O–H groups in total. The first-order valence-electron chi connectivity index (χ1n) is 4.60. The first-order valence-corrected chi connectivity index (χ1v) is 4.60. The summed E-state index contributed by atoms with van der Waals surface area (Å²) < 4.78 is 41.8. The summed E-state index contributed by atoms with van der Waals surface area (Å²) in [4.78, 5) is 11.2. The van der Waals surface area contributed by atoms with E-state index < -0.39 is 17.6 Å². The third kappa shape index (κ3) is 3.63. The van der Waals surface area contributed by atoms with Crippen LogP contribution in [0.5, 0.6) is 0 Å². The number of nitrogens with one attached hydrogen (secondary N) is 1. The number of carbonyl (C=O) groups is 1. The van der Waals surface area contributed by atoms with Crippen LogP contribution in [0.4, 0.5) is 24.5 Å². The van der Waals surface area contributed by atoms with Crippen LogP contribution in [0.2, 0.25) is 0 Å². The number of nitrogens with two attached hydrogens (primary N) is 1. The molecule has 0 fully saturated rings. The highest BCUT2D eigenvalue weighted by atomic mass is 19.4. The van der Waals surface area contributed by atoms with Gasteiger partial charge >= 0.3 is 6.18 Å². The molecule has 0 heterocycles. The molecule has 1 amide bonds. The van der Waals surface area contributed by atoms with Gasteiger partial charge in [-0.15, -0.1) is 0 Å². The van der Waals surface area contributed by atoms with Gasteiger partial charge in [-0.3, -0.25) is 4.79 Å². The third-order valence-corrected chi connectivity index (χ3v) is 1.93. The van der Waals surface area contributed by atoms with Crippen LogP contribution < -0.4 is 11.1 Å². The van der Waals surface area contributed by atoms with E-state index >= 15 is 0 Å². The average Bonchev–Trinajstić information content (AvgIpc) is 2.20. The van der Waals surface area contributed by atoms with E-state index in [1.807, 2.05) is 0 Å². The van der Waals surface area contributed by atoms with Crippen LogP contribution in [0.25, 0.3) is 0 Å². The quantitative estimate of drug-likeness (QED) is 0.802. The van der Waals surface area contributed by atoms with Crippen LogP contribution in [0.15, 0.2) is 18.2 Å². The smallest absolute Gasteiger partial charge is 0.397 e. The van der Waals surface area contributed by atoms with Gasteiger partial charge in [0.25, 0.3) is 0 Å². The van der Waals surface area contributed by atoms with E-state index in [1.165, 1.54) is 7.11 Å². The molecule has 0 aliphatic carbocycles. The molecule has 0 saturated carbocycles. The number of hydrogen-bond donors (Lipinski definition) is 2. The van der Waals surface area contributed by atoms with Gasteiger partial charge in [-0.25, -0.2) is 0 Å². The Morgan fingerprint density at radius 3 is 2.65 bits per heavy atom. The van der Waals surface area contributed by atoms with E-state index in [4.69, 9.17) is 5.73 Å². The standard InChI is InChI=1S/C10H11F3N2O2/c1-17-5-9(16)15-8-4-6(10(11,12)13)2-3-7(8)14/h2-4H,5,14H2,1H3,(H,15,16). The number of methoxy groups -OCH3 is 1. The van der Waals surface area contributed by atoms with Crippen molar-refractivity contribution in [3.63, 3.8) is 0 Å². The maximum Gasteiger partial charge on any atom is 0.416 e. The Morgan fingerprint density at radius 1 is 1.47 bits per heavy atom. The minimum absolute atomic E-state index is 0.0578. The molecule has 4 nitrogen and oxygen atoms in total. The van der Waals surface area contributed by atoms with E-state index in [-0.39, 0.29) is 18.0 Å². The van der Waals surface area contributed by atoms with Gasteiger partial charge in [0.05, 0.1) is 16.9 Å². The lowest BCUT2D eigenvalue weighted by atomic mass is 10.1. The molecule has 94 valence electrons. The van der Waals surface area contributed by atoms with Crippen molar-refractivity contribution in [1.29, 1.82) is 0 Å². The number of nitrogen functional groups attached to an aromatic ring is 1. The monoisotopic (exact) mass is 248 g/mol. The number of anilines is 2. The van der Waals surface area contributed by atoms with E-state index in [9.17, 15) is 18.0 Å². The Kier molecular flexibility index (Phi) is 3.95. The van der Waals surface area contributed by atoms with Crippen molar-refractivity contribution in [1.82, 2.24) is 0 Å². The van der Waals surface area contributed by atoms with Gasteiger partial charge in [0.2, 0.25) is 5.91 Å². The van der Waals surface area contributed by atoms with Crippen molar-refractivity contribution >= 4 is 17.3 Å². The van der Waals surface area contributed by atoms with Crippen LogP contribution in [-0.4, -0.2) is 19.6 Å². The summed E-state index contributed by atoms with van der Waals surface area (Å²) in [6, 6.07) is 2.72. The zero-order valence-corrected chi connectivity index (χ0v) is 8.97. The summed E-state index contributed by atoms with van der Waals surface area (Å²) in [5.41, 5.74) is 4.55. The summed E-state index contributed by atoms with van der Waals surface area (Å²) in [7, 11) is 1.30. The number of carbonyl (C=O) groups excluding carboxylic acids is 1. The van der Waals surface area contributed by atoms with Crippen LogP contribution in [0.3, 0.4) is 0 Å². The van der Waals surface area contributed by atoms with Crippen LogP contribution in [0.1, 0.15) is 5.56 Å². The van der Waals surface area contributed by atoms with E-state index in [2.05, 4.69) is 10.1 Å². The number of rotatable bonds is 3. The lowest BCUT2D eigenvalue weighted by molar-refractivity contribution is -0.137. The van der Waals surface area contributed by atoms with Crippen molar-refractivity contribution in [3.05, 3.63) is 23.8 Å². The maximum absolute atomic E-state index is 12.4. The van der Waals surface area contributed by atoms with Crippen molar-refractivity contribution in [2.75, 3.05) is 24.8 Å². The molecule has 0 aromatic heterocycles. The Bertz CT molecular complexity index is 419. The molecule has 1 rings (SSSR count). The molecular weight excluding hydrogens is 237 g/mol. The number of ether oxygens (including phenoxy) is 1. The fourth-order valence-corrected chi connectivity index (χ4v) is 1.16. The second kappa shape index (κ2) is 5.05. The molecule has 0 saturated heterocycles. The summed E-state index contributed by atoms with van der Waals surface area (Å²) in [6.07, 6.45) is -4.48. The topological polar surface area (TPSA) is 64.3 Å². The summed E-state index contributed by atoms with van der Waals surface area (Å²) in [5.74, 6) is -0.571. The minimum atomic E-state index is -4.48. The molecule has 0 aliphatic rings. The highest BCUT2D eigenvalue weighted by Gasteiger charge is 2.31. The first kappa shape index (κ1) is 13.3. The van der Waals surface area contributed by atoms with E-state index in [0.717, 1.165) is 18.2 Å². The van der Waals surface area contributed by atoms with Gasteiger partial charge in [0.1, 0.15) is 6.61 Å². The van der Waals surface area contributed by atoms with Gasteiger partial charge in [0.15, 0.2) is 0 Å². The Labute approximate surface area is 95.6 Å². The molecule has 0 atom stereocenters. The number of halogens is 3. The van der Waals surface area contributed by atoms with Crippen LogP contribution in [-0.2, 0) is 15.7 Å². The third-order valence-electron chi connectivity index (χ3n) is 1.93. The van der Waals surface area contributed by atoms with E-state index in [0.29, 0.717) is 0 Å². The van der Waals surface area contributed by atoms with Crippen molar-refractivity contribution in [2.24, 2.45) is 0 Å². The molecule has 7 heteroatoms. The number of alkyl halides is 3. The fraction of sp³-hybridized carbons (Fsp3) is 0.300. The van der Waals surface area contributed by atoms with Gasteiger partial charge < -0.3 is 15.8 Å². The molecule has 1 aromatic carbocycles. The molecule has 1 aromatic rings. The van der Waals surface area contributed by atoms with Gasteiger partial charge in [-0.05, 0) is 18.2 Å². The SMILES string of the molecule is COCC(=O)Nc1cc(C(F)(F)F)ccc1N. The summed E-state index contributed by atoms with van der Waals surface area (Å²) in [5, 5.41) is 2.23. The highest BCUT2D eigenvalue weighted by Crippen LogP contribution is 2.32. The zero-order valence-electron chi connectivity index (χ0n) is 8.97. The molecular formula is C10H11F3N2O2. The summed E-state index contributed by atoms with van der Waals surface area (Å²) in [6.45, 7) is -0.254. The lowest BCUT2D eigenvalue weighted by Gasteiger charge is -2.12. The van der Waals surface area contributed by atoms with Crippen molar-refractivity contribution < 1.29 is 22.7 Å². The molecule has 0 radical (unpaired) electrons. The fourth-order valence-electron chi connectivity index (χ4n) is 1.16. The van der Waals surface area contributed by atoms with Gasteiger partial charge in [-0.1, -0.05) is 0 Å². The van der Waals surface area contributed by atoms with Gasteiger partial charge in [-0.2, -0.15) is 13.2 Å². The minimum Gasteiger partial charge on any atom is -0.397 e. The van der Waals surface area contributed by atoms with Crippen molar-refractivity contribution in [2.45, 2.75) is 6.18 Å². The molecule has 17 heavy (non-hydrogen) atoms. The second-order valence-electron chi connectivity index (χ2n) is 3.28. The molecule has 0 bridgehead atoms. The predicted molar refractivity (Wildman–Crippen MR) is 56.4 cm³/mol. The first-order chi connectivity index (χ1) is 7.84. The Morgan fingerprint density at radius 2 is 2.12 bits per heavy atom.